The first-order chi connectivity index (χ1) is 5.04. The average molecular weight is 148 g/mol. The number of nitrogens with one attached hydrogen (secondary N) is 1. The molecule has 0 bridgehead atoms. The summed E-state index contributed by atoms with van der Waals surface area (Å²) in [4.78, 5) is 20.5. The van der Waals surface area contributed by atoms with Gasteiger partial charge in [-0.15, -0.1) is 0 Å². The van der Waals surface area contributed by atoms with Gasteiger partial charge in [-0.2, -0.15) is 0 Å². The summed E-state index contributed by atoms with van der Waals surface area (Å²) in [6.07, 6.45) is -0.127. The van der Waals surface area contributed by atoms with Crippen LogP contribution in [-0.4, -0.2) is 30.0 Å². The second-order valence-electron chi connectivity index (χ2n) is 1.64. The first-order valence-electron chi connectivity index (χ1n) is 3.36. The zero-order valence-corrected chi connectivity index (χ0v) is 5.46. The summed E-state index contributed by atoms with van der Waals surface area (Å²) in [7, 11) is 0. The highest BCUT2D eigenvalue weighted by atomic mass is 16.4. The molecule has 0 aliphatic rings. The zero-order chi connectivity index (χ0) is 8.85. The molecule has 0 radical (unpaired) electrons. The molecular formula is C5H11N2O3+. The third kappa shape index (κ3) is 5.04. The molecule has 0 aliphatic heterocycles. The number of amides is 1. The fourth-order valence-corrected chi connectivity index (χ4v) is 0.365. The van der Waals surface area contributed by atoms with Crippen molar-refractivity contribution in [2.24, 2.45) is 0 Å². The van der Waals surface area contributed by atoms with Gasteiger partial charge in [-0.1, -0.05) is 0 Å². The molecule has 5 N–H and O–H groups in total. The summed E-state index contributed by atoms with van der Waals surface area (Å²) in [6, 6.07) is 0. The van der Waals surface area contributed by atoms with Crippen LogP contribution in [0, 0.1) is 0 Å². The highest BCUT2D eigenvalue weighted by Gasteiger charge is 1.99. The molecule has 5 nitrogen and oxygen atoms in total. The van der Waals surface area contributed by atoms with Gasteiger partial charge in [-0.25, -0.2) is 0 Å². The molecule has 0 unspecified atom stereocenters. The molecule has 0 rings (SSSR count). The van der Waals surface area contributed by atoms with Crippen LogP contribution in [0.3, 0.4) is 0 Å². The number of quaternary nitrogens is 1. The highest BCUT2D eigenvalue weighted by Crippen LogP contribution is 1.73. The zero-order valence-electron chi connectivity index (χ0n) is 6.46. The van der Waals surface area contributed by atoms with Gasteiger partial charge < -0.3 is 16.2 Å². The van der Waals surface area contributed by atoms with Gasteiger partial charge in [0.1, 0.15) is 1.37 Å². The van der Waals surface area contributed by atoms with Gasteiger partial charge in [0.2, 0.25) is 0 Å². The summed E-state index contributed by atoms with van der Waals surface area (Å²) >= 11 is 0. The van der Waals surface area contributed by atoms with E-state index < -0.39 is 18.4 Å². The maximum atomic E-state index is 10.6. The molecule has 1 atom stereocenters. The van der Waals surface area contributed by atoms with Crippen molar-refractivity contribution >= 4 is 11.9 Å². The molecule has 1 amide bonds. The molecular weight excluding hydrogens is 136 g/mol. The molecule has 0 heterocycles. The number of carboxylic acid groups (broad SMARTS) is 1. The van der Waals surface area contributed by atoms with Crippen molar-refractivity contribution < 1.29 is 21.8 Å². The fourth-order valence-electron chi connectivity index (χ4n) is 0.365. The summed E-state index contributed by atoms with van der Waals surface area (Å²) in [5, 5.41) is 10.4. The van der Waals surface area contributed by atoms with Gasteiger partial charge in [0, 0.05) is 6.54 Å². The second kappa shape index (κ2) is 4.75. The molecule has 0 aliphatic carbocycles. The Balaban J connectivity index is 3.39. The Kier molecular flexibility index (Phi) is 3.33. The molecule has 0 saturated carbocycles. The maximum Gasteiger partial charge on any atom is 0.305 e. The van der Waals surface area contributed by atoms with E-state index in [1.165, 1.54) is 0 Å². The summed E-state index contributed by atoms with van der Waals surface area (Å²) in [5.74, 6) is -1.53. The van der Waals surface area contributed by atoms with Crippen molar-refractivity contribution in [1.82, 2.24) is 5.32 Å². The lowest BCUT2D eigenvalue weighted by molar-refractivity contribution is -0.355. The van der Waals surface area contributed by atoms with Gasteiger partial charge in [0.25, 0.3) is 5.91 Å². The summed E-state index contributed by atoms with van der Waals surface area (Å²) in [5.41, 5.74) is 3.14. The lowest BCUT2D eigenvalue weighted by Gasteiger charge is -1.96. The van der Waals surface area contributed by atoms with Crippen LogP contribution in [-0.2, 0) is 9.59 Å². The van der Waals surface area contributed by atoms with Gasteiger partial charge >= 0.3 is 5.97 Å². The summed E-state index contributed by atoms with van der Waals surface area (Å²) < 4.78 is 6.80. The highest BCUT2D eigenvalue weighted by molar-refractivity contribution is 5.77. The van der Waals surface area contributed by atoms with Crippen LogP contribution in [0.1, 0.15) is 7.79 Å². The Morgan fingerprint density at radius 1 is 1.70 bits per heavy atom. The van der Waals surface area contributed by atoms with E-state index in [4.69, 9.17) is 6.48 Å². The third-order valence-corrected chi connectivity index (χ3v) is 0.823. The number of aliphatic carboxylic acids is 1. The topological polar surface area (TPSA) is 94.0 Å². The van der Waals surface area contributed by atoms with Crippen molar-refractivity contribution in [3.05, 3.63) is 0 Å². The van der Waals surface area contributed by atoms with Crippen LogP contribution >= 0.6 is 0 Å². The minimum absolute atomic E-state index is 0.0546. The fraction of sp³-hybridized carbons (Fsp3) is 0.600. The van der Waals surface area contributed by atoms with E-state index in [0.717, 1.165) is 0 Å². The molecule has 0 saturated heterocycles. The average Bonchev–Trinajstić information content (AvgIpc) is 1.86. The van der Waals surface area contributed by atoms with Gasteiger partial charge in [0.15, 0.2) is 6.52 Å². The van der Waals surface area contributed by atoms with Crippen molar-refractivity contribution in [3.8, 4) is 0 Å². The maximum absolute atomic E-state index is 10.6. The molecule has 58 valence electrons. The predicted octanol–water partition coefficient (Wildman–Crippen LogP) is -2.18. The Morgan fingerprint density at radius 2 is 2.30 bits per heavy atom. The number of carbonyl (C=O) groups is 2. The van der Waals surface area contributed by atoms with Gasteiger partial charge in [-0.3, -0.25) is 9.59 Å². The predicted molar refractivity (Wildman–Crippen MR) is 33.0 cm³/mol. The molecule has 0 aromatic rings. The lowest BCUT2D eigenvalue weighted by Crippen LogP contribution is -2.57. The monoisotopic (exact) mass is 148 g/mol. The number of hydrogen-bond donors (Lipinski definition) is 3. The van der Waals surface area contributed by atoms with Gasteiger partial charge in [0.05, 0.1) is 6.42 Å². The van der Waals surface area contributed by atoms with Crippen molar-refractivity contribution in [1.29, 1.82) is 0 Å². The number of hydrogen-bond acceptors (Lipinski definition) is 2. The smallest absolute Gasteiger partial charge is 0.305 e. The SMILES string of the molecule is [2H][C@@H]([NH3+])C(=O)NCCC(=O)O. The molecule has 5 heteroatoms. The number of carbonyl (C=O) groups excluding carboxylic acids is 1. The van der Waals surface area contributed by atoms with Crippen LogP contribution in [0.5, 0.6) is 0 Å². The van der Waals surface area contributed by atoms with E-state index in [1.807, 2.05) is 0 Å². The van der Waals surface area contributed by atoms with Crippen LogP contribution in [0.15, 0.2) is 0 Å². The quantitative estimate of drug-likeness (QED) is 0.423. The Hall–Kier alpha value is -1.10. The second-order valence-corrected chi connectivity index (χ2v) is 1.64. The first-order valence-corrected chi connectivity index (χ1v) is 2.79. The van der Waals surface area contributed by atoms with Crippen LogP contribution in [0.4, 0.5) is 0 Å². The molecule has 0 fully saturated rings. The minimum Gasteiger partial charge on any atom is -0.481 e. The van der Waals surface area contributed by atoms with Crippen LogP contribution in [0.25, 0.3) is 0 Å². The standard InChI is InChI=1S/C5H10N2O3/c6-3-4(8)7-2-1-5(9)10/h1-3,6H2,(H,7,8)(H,9,10)/p+1/i3D/t3-/m1/s1. The van der Waals surface area contributed by atoms with E-state index in [-0.39, 0.29) is 13.0 Å². The third-order valence-electron chi connectivity index (χ3n) is 0.823. The molecule has 0 aromatic heterocycles. The largest absolute Gasteiger partial charge is 0.481 e. The molecule has 10 heavy (non-hydrogen) atoms. The van der Waals surface area contributed by atoms with Crippen molar-refractivity contribution in [2.45, 2.75) is 6.42 Å². The first kappa shape index (κ1) is 7.01. The van der Waals surface area contributed by atoms with E-state index >= 15 is 0 Å². The number of carboxylic acids is 1. The normalized spacial score (nSPS) is 13.5. The van der Waals surface area contributed by atoms with Crippen LogP contribution in [0.2, 0.25) is 0 Å². The van der Waals surface area contributed by atoms with Crippen LogP contribution < -0.4 is 11.1 Å². The Bertz CT molecular complexity index is 160. The van der Waals surface area contributed by atoms with E-state index in [2.05, 4.69) is 11.1 Å². The molecule has 0 aromatic carbocycles. The lowest BCUT2D eigenvalue weighted by atomic mass is 10.4. The van der Waals surface area contributed by atoms with Crippen molar-refractivity contribution in [2.75, 3.05) is 13.1 Å². The molecule has 0 spiro atoms. The van der Waals surface area contributed by atoms with E-state index in [0.29, 0.717) is 0 Å². The van der Waals surface area contributed by atoms with E-state index in [9.17, 15) is 9.59 Å². The Labute approximate surface area is 59.6 Å². The minimum atomic E-state index is -1.08. The van der Waals surface area contributed by atoms with Crippen molar-refractivity contribution in [3.63, 3.8) is 0 Å². The summed E-state index contributed by atoms with van der Waals surface area (Å²) in [6.45, 7) is -1.03. The van der Waals surface area contributed by atoms with E-state index in [1.54, 1.807) is 0 Å². The Morgan fingerprint density at radius 3 is 2.70 bits per heavy atom. The van der Waals surface area contributed by atoms with Gasteiger partial charge in [-0.05, 0) is 0 Å². The number of rotatable bonds is 4.